The van der Waals surface area contributed by atoms with Gasteiger partial charge in [0.15, 0.2) is 0 Å². The van der Waals surface area contributed by atoms with Gasteiger partial charge in [0.05, 0.1) is 11.6 Å². The fraction of sp³-hybridized carbons (Fsp3) is 0.192. The van der Waals surface area contributed by atoms with Crippen LogP contribution in [-0.2, 0) is 6.54 Å². The van der Waals surface area contributed by atoms with E-state index < -0.39 is 11.9 Å². The molecule has 0 saturated carbocycles. The summed E-state index contributed by atoms with van der Waals surface area (Å²) in [5.74, 6) is -0.480. The van der Waals surface area contributed by atoms with E-state index in [0.717, 1.165) is 10.9 Å². The van der Waals surface area contributed by atoms with Gasteiger partial charge in [-0.1, -0.05) is 35.9 Å². The Labute approximate surface area is 196 Å². The molecule has 0 unspecified atom stereocenters. The van der Waals surface area contributed by atoms with Crippen LogP contribution in [0.5, 0.6) is 5.75 Å². The Kier molecular flexibility index (Phi) is 6.65. The van der Waals surface area contributed by atoms with E-state index in [9.17, 15) is 13.6 Å². The predicted molar refractivity (Wildman–Crippen MR) is 127 cm³/mol. The van der Waals surface area contributed by atoms with E-state index in [1.165, 1.54) is 18.2 Å². The lowest BCUT2D eigenvalue weighted by atomic mass is 10.0. The van der Waals surface area contributed by atoms with Crippen LogP contribution in [0.4, 0.5) is 13.6 Å². The quantitative estimate of drug-likeness (QED) is 0.301. The average Bonchev–Trinajstić information content (AvgIpc) is 3.21. The number of amides is 1. The van der Waals surface area contributed by atoms with Crippen LogP contribution in [0, 0.1) is 11.6 Å². The van der Waals surface area contributed by atoms with Crippen molar-refractivity contribution in [3.63, 3.8) is 0 Å². The maximum absolute atomic E-state index is 14.2. The van der Waals surface area contributed by atoms with Crippen molar-refractivity contribution in [1.82, 2.24) is 9.47 Å². The van der Waals surface area contributed by atoms with Crippen LogP contribution in [0.25, 0.3) is 22.0 Å². The van der Waals surface area contributed by atoms with E-state index in [1.54, 1.807) is 35.2 Å². The Morgan fingerprint density at radius 2 is 1.76 bits per heavy atom. The molecule has 7 heteroatoms. The second-order valence-corrected chi connectivity index (χ2v) is 7.98. The molecule has 33 heavy (non-hydrogen) atoms. The third-order valence-electron chi connectivity index (χ3n) is 5.64. The molecule has 170 valence electrons. The number of benzene rings is 3. The summed E-state index contributed by atoms with van der Waals surface area (Å²) in [6.45, 7) is 5.09. The number of rotatable bonds is 6. The molecule has 1 heterocycles. The number of hydrogen-bond donors (Lipinski definition) is 0. The van der Waals surface area contributed by atoms with Crippen LogP contribution in [0.15, 0.2) is 66.9 Å². The summed E-state index contributed by atoms with van der Waals surface area (Å²) in [4.78, 5) is 14.2. The van der Waals surface area contributed by atoms with E-state index in [0.29, 0.717) is 42.1 Å². The molecule has 0 aliphatic rings. The molecule has 0 radical (unpaired) electrons. The van der Waals surface area contributed by atoms with Crippen LogP contribution in [-0.4, -0.2) is 28.6 Å². The zero-order chi connectivity index (χ0) is 23.5. The van der Waals surface area contributed by atoms with Gasteiger partial charge in [-0.15, -0.1) is 0 Å². The normalized spacial score (nSPS) is 11.1. The van der Waals surface area contributed by atoms with Crippen LogP contribution in [0.1, 0.15) is 19.4 Å². The first-order chi connectivity index (χ1) is 15.9. The molecule has 1 aromatic heterocycles. The summed E-state index contributed by atoms with van der Waals surface area (Å²) >= 11 is 6.06. The van der Waals surface area contributed by atoms with Crippen molar-refractivity contribution in [2.75, 3.05) is 13.1 Å². The second kappa shape index (κ2) is 9.63. The molecule has 0 atom stereocenters. The summed E-state index contributed by atoms with van der Waals surface area (Å²) in [5, 5.41) is 0.746. The van der Waals surface area contributed by atoms with Crippen LogP contribution >= 0.6 is 11.6 Å². The molecule has 0 fully saturated rings. The summed E-state index contributed by atoms with van der Waals surface area (Å²) in [6.07, 6.45) is 1.38. The number of ether oxygens (including phenoxy) is 1. The van der Waals surface area contributed by atoms with Gasteiger partial charge in [-0.05, 0) is 55.8 Å². The second-order valence-electron chi connectivity index (χ2n) is 7.58. The molecule has 0 aliphatic heterocycles. The molecule has 0 N–H and O–H groups in total. The summed E-state index contributed by atoms with van der Waals surface area (Å²) in [5.41, 5.74) is 2.59. The molecule has 0 bridgehead atoms. The van der Waals surface area contributed by atoms with Gasteiger partial charge in [0.2, 0.25) is 0 Å². The van der Waals surface area contributed by atoms with E-state index in [2.05, 4.69) is 0 Å². The Morgan fingerprint density at radius 1 is 1.00 bits per heavy atom. The molecule has 4 nitrogen and oxygen atoms in total. The zero-order valence-electron chi connectivity index (χ0n) is 18.3. The minimum absolute atomic E-state index is 0.0312. The zero-order valence-corrected chi connectivity index (χ0v) is 19.1. The first-order valence-electron chi connectivity index (χ1n) is 10.7. The fourth-order valence-electron chi connectivity index (χ4n) is 3.88. The molecular weight excluding hydrogens is 446 g/mol. The molecule has 0 saturated heterocycles. The minimum atomic E-state index is -0.536. The van der Waals surface area contributed by atoms with Gasteiger partial charge in [0.25, 0.3) is 0 Å². The number of fused-ring (bicyclic) bond motifs is 1. The highest BCUT2D eigenvalue weighted by atomic mass is 35.5. The van der Waals surface area contributed by atoms with E-state index in [4.69, 9.17) is 16.3 Å². The highest BCUT2D eigenvalue weighted by Crippen LogP contribution is 2.39. The van der Waals surface area contributed by atoms with Gasteiger partial charge in [-0.25, -0.2) is 13.6 Å². The number of carbonyl (C=O) groups excluding carboxylic acids is 1. The van der Waals surface area contributed by atoms with E-state index in [-0.39, 0.29) is 10.8 Å². The largest absolute Gasteiger partial charge is 0.415 e. The van der Waals surface area contributed by atoms with Gasteiger partial charge in [0, 0.05) is 41.3 Å². The highest BCUT2D eigenvalue weighted by Gasteiger charge is 2.20. The Bertz CT molecular complexity index is 1320. The van der Waals surface area contributed by atoms with Crippen molar-refractivity contribution in [2.24, 2.45) is 0 Å². The van der Waals surface area contributed by atoms with E-state index >= 15 is 0 Å². The fourth-order valence-corrected chi connectivity index (χ4v) is 4.06. The van der Waals surface area contributed by atoms with Crippen molar-refractivity contribution >= 4 is 28.6 Å². The monoisotopic (exact) mass is 468 g/mol. The third-order valence-corrected chi connectivity index (χ3v) is 5.93. The third kappa shape index (κ3) is 4.57. The maximum atomic E-state index is 14.2. The first-order valence-corrected chi connectivity index (χ1v) is 11.1. The molecule has 4 rings (SSSR count). The van der Waals surface area contributed by atoms with Gasteiger partial charge < -0.3 is 14.2 Å². The molecule has 1 amide bonds. The van der Waals surface area contributed by atoms with Crippen LogP contribution < -0.4 is 4.74 Å². The Balaban J connectivity index is 1.84. The lowest BCUT2D eigenvalue weighted by molar-refractivity contribution is 0.157. The SMILES string of the molecule is CCN(CC)C(=O)Oc1ccc2c(ccn2Cc2ccccc2F)c1-c1ccc(F)c(Cl)c1. The summed E-state index contributed by atoms with van der Waals surface area (Å²) in [6, 6.07) is 16.4. The number of hydrogen-bond acceptors (Lipinski definition) is 2. The van der Waals surface area contributed by atoms with Crippen molar-refractivity contribution in [3.05, 3.63) is 89.1 Å². The van der Waals surface area contributed by atoms with Crippen LogP contribution in [0.2, 0.25) is 5.02 Å². The Morgan fingerprint density at radius 3 is 2.45 bits per heavy atom. The molecule has 3 aromatic carbocycles. The number of halogens is 3. The number of nitrogens with zero attached hydrogens (tertiary/aromatic N) is 2. The smallest absolute Gasteiger partial charge is 0.410 e. The molecular formula is C26H23ClF2N2O2. The maximum Gasteiger partial charge on any atom is 0.415 e. The average molecular weight is 469 g/mol. The van der Waals surface area contributed by atoms with Gasteiger partial charge in [0.1, 0.15) is 17.4 Å². The Hall–Kier alpha value is -3.38. The predicted octanol–water partition coefficient (Wildman–Crippen LogP) is 7.13. The van der Waals surface area contributed by atoms with Crippen molar-refractivity contribution in [3.8, 4) is 16.9 Å². The van der Waals surface area contributed by atoms with E-state index in [1.807, 2.05) is 36.7 Å². The van der Waals surface area contributed by atoms with Gasteiger partial charge >= 0.3 is 6.09 Å². The molecule has 4 aromatic rings. The molecule has 0 aliphatic carbocycles. The summed E-state index contributed by atoms with van der Waals surface area (Å²) in [7, 11) is 0. The lowest BCUT2D eigenvalue weighted by Crippen LogP contribution is -2.33. The highest BCUT2D eigenvalue weighted by molar-refractivity contribution is 6.31. The minimum Gasteiger partial charge on any atom is -0.410 e. The van der Waals surface area contributed by atoms with Gasteiger partial charge in [-0.2, -0.15) is 0 Å². The summed E-state index contributed by atoms with van der Waals surface area (Å²) < 4.78 is 35.8. The topological polar surface area (TPSA) is 34.5 Å². The van der Waals surface area contributed by atoms with Crippen molar-refractivity contribution in [2.45, 2.75) is 20.4 Å². The lowest BCUT2D eigenvalue weighted by Gasteiger charge is -2.20. The number of aromatic nitrogens is 1. The molecule has 0 spiro atoms. The van der Waals surface area contributed by atoms with Crippen molar-refractivity contribution in [1.29, 1.82) is 0 Å². The van der Waals surface area contributed by atoms with Crippen LogP contribution in [0.3, 0.4) is 0 Å². The number of carbonyl (C=O) groups is 1. The first kappa shape index (κ1) is 22.8. The van der Waals surface area contributed by atoms with Crippen molar-refractivity contribution < 1.29 is 18.3 Å². The standard InChI is InChI=1S/C26H23ClF2N2O2/c1-3-30(4-2)26(32)33-24-12-11-23-19(25(24)17-9-10-22(29)20(27)15-17)13-14-31(23)16-18-7-5-6-8-21(18)28/h5-15H,3-4,16H2,1-2H3. The van der Waals surface area contributed by atoms with Gasteiger partial charge in [-0.3, -0.25) is 0 Å².